The molecule has 0 saturated heterocycles. The summed E-state index contributed by atoms with van der Waals surface area (Å²) < 4.78 is 0. The predicted octanol–water partition coefficient (Wildman–Crippen LogP) is 2.35. The van der Waals surface area contributed by atoms with Crippen LogP contribution in [0.2, 0.25) is 0 Å². The predicted molar refractivity (Wildman–Crippen MR) is 77.7 cm³/mol. The van der Waals surface area contributed by atoms with E-state index in [0.717, 1.165) is 11.4 Å². The Hall–Kier alpha value is -1.63. The molecule has 0 aliphatic carbocycles. The minimum atomic E-state index is -0.900. The topological polar surface area (TPSA) is 82.5 Å². The highest BCUT2D eigenvalue weighted by molar-refractivity contribution is 7.09. The van der Waals surface area contributed by atoms with Gasteiger partial charge >= 0.3 is 12.0 Å². The summed E-state index contributed by atoms with van der Waals surface area (Å²) >= 11 is 1.50. The Morgan fingerprint density at radius 2 is 2.20 bits per heavy atom. The Labute approximate surface area is 122 Å². The first kappa shape index (κ1) is 16.4. The molecule has 2 unspecified atom stereocenters. The second-order valence-corrected chi connectivity index (χ2v) is 5.48. The zero-order chi connectivity index (χ0) is 15.1. The molecule has 1 aromatic rings. The Bertz CT molecular complexity index is 436. The molecule has 2 amide bonds. The molecule has 112 valence electrons. The highest BCUT2D eigenvalue weighted by atomic mass is 32.1. The maximum absolute atomic E-state index is 12.2. The van der Waals surface area contributed by atoms with Gasteiger partial charge in [0.05, 0.1) is 12.0 Å². The van der Waals surface area contributed by atoms with Crippen molar-refractivity contribution in [2.45, 2.75) is 33.2 Å². The van der Waals surface area contributed by atoms with Crippen molar-refractivity contribution in [2.75, 3.05) is 13.1 Å². The van der Waals surface area contributed by atoms with Crippen molar-refractivity contribution in [1.29, 1.82) is 0 Å². The molecule has 6 nitrogen and oxygen atoms in total. The van der Waals surface area contributed by atoms with Gasteiger partial charge in [0, 0.05) is 24.7 Å². The van der Waals surface area contributed by atoms with Crippen LogP contribution in [0.3, 0.4) is 0 Å². The Morgan fingerprint density at radius 1 is 1.50 bits per heavy atom. The van der Waals surface area contributed by atoms with Crippen LogP contribution in [0.1, 0.15) is 38.2 Å². The minimum Gasteiger partial charge on any atom is -0.481 e. The van der Waals surface area contributed by atoms with Crippen LogP contribution in [0, 0.1) is 5.92 Å². The Morgan fingerprint density at radius 3 is 2.65 bits per heavy atom. The van der Waals surface area contributed by atoms with Gasteiger partial charge in [-0.15, -0.1) is 11.3 Å². The molecule has 0 aromatic carbocycles. The van der Waals surface area contributed by atoms with E-state index in [2.05, 4.69) is 10.3 Å². The van der Waals surface area contributed by atoms with Crippen molar-refractivity contribution in [3.63, 3.8) is 0 Å². The van der Waals surface area contributed by atoms with Gasteiger partial charge in [0.15, 0.2) is 0 Å². The molecule has 2 atom stereocenters. The number of rotatable bonds is 7. The van der Waals surface area contributed by atoms with Gasteiger partial charge in [-0.3, -0.25) is 4.79 Å². The molecular formula is C13H21N3O3S. The van der Waals surface area contributed by atoms with Crippen LogP contribution < -0.4 is 5.32 Å². The summed E-state index contributed by atoms with van der Waals surface area (Å²) in [4.78, 5) is 28.8. The van der Waals surface area contributed by atoms with Gasteiger partial charge in [0.1, 0.15) is 5.01 Å². The summed E-state index contributed by atoms with van der Waals surface area (Å²) in [5.41, 5.74) is 0. The summed E-state index contributed by atoms with van der Waals surface area (Å²) in [5.74, 6) is -1.48. The van der Waals surface area contributed by atoms with Crippen LogP contribution in [0.15, 0.2) is 11.6 Å². The van der Waals surface area contributed by atoms with Gasteiger partial charge in [0.2, 0.25) is 0 Å². The van der Waals surface area contributed by atoms with Gasteiger partial charge in [0.25, 0.3) is 0 Å². The number of carboxylic acids is 1. The molecule has 0 bridgehead atoms. The number of carbonyl (C=O) groups excluding carboxylic acids is 1. The molecule has 1 heterocycles. The van der Waals surface area contributed by atoms with Crippen LogP contribution in [-0.4, -0.2) is 40.1 Å². The van der Waals surface area contributed by atoms with Crippen molar-refractivity contribution in [3.05, 3.63) is 16.6 Å². The zero-order valence-corrected chi connectivity index (χ0v) is 12.8. The third kappa shape index (κ3) is 4.48. The van der Waals surface area contributed by atoms with Crippen LogP contribution >= 0.6 is 11.3 Å². The zero-order valence-electron chi connectivity index (χ0n) is 12.0. The van der Waals surface area contributed by atoms with Crippen molar-refractivity contribution in [3.8, 4) is 0 Å². The first-order valence-electron chi connectivity index (χ1n) is 6.67. The Kier molecular flexibility index (Phi) is 6.44. The van der Waals surface area contributed by atoms with E-state index in [0.29, 0.717) is 6.54 Å². The van der Waals surface area contributed by atoms with E-state index in [4.69, 9.17) is 5.11 Å². The summed E-state index contributed by atoms with van der Waals surface area (Å²) in [6.07, 6.45) is 2.45. The average Bonchev–Trinajstić information content (AvgIpc) is 2.95. The first-order valence-corrected chi connectivity index (χ1v) is 7.55. The SMILES string of the molecule is CCC(NC(=O)N(CC)CC(C)C(=O)O)c1nccs1. The molecule has 0 spiro atoms. The van der Waals surface area contributed by atoms with Crippen molar-refractivity contribution in [2.24, 2.45) is 5.92 Å². The van der Waals surface area contributed by atoms with E-state index in [1.807, 2.05) is 19.2 Å². The maximum atomic E-state index is 12.2. The van der Waals surface area contributed by atoms with Gasteiger partial charge in [-0.05, 0) is 13.3 Å². The summed E-state index contributed by atoms with van der Waals surface area (Å²) in [6, 6.07) is -0.376. The molecule has 0 aliphatic rings. The quantitative estimate of drug-likeness (QED) is 0.809. The first-order chi connectivity index (χ1) is 9.49. The molecule has 1 rings (SSSR count). The normalized spacial score (nSPS) is 13.6. The second kappa shape index (κ2) is 7.84. The molecule has 20 heavy (non-hydrogen) atoms. The molecular weight excluding hydrogens is 278 g/mol. The number of urea groups is 1. The standard InChI is InChI=1S/C13H21N3O3S/c1-4-10(11-14-6-7-20-11)15-13(19)16(5-2)8-9(3)12(17)18/h6-7,9-10H,4-5,8H2,1-3H3,(H,15,19)(H,17,18). The average molecular weight is 299 g/mol. The molecule has 0 saturated carbocycles. The number of hydrogen-bond donors (Lipinski definition) is 2. The highest BCUT2D eigenvalue weighted by Gasteiger charge is 2.22. The fourth-order valence-electron chi connectivity index (χ4n) is 1.75. The van der Waals surface area contributed by atoms with E-state index in [1.54, 1.807) is 13.1 Å². The molecule has 2 N–H and O–H groups in total. The van der Waals surface area contributed by atoms with Crippen LogP contribution in [0.25, 0.3) is 0 Å². The highest BCUT2D eigenvalue weighted by Crippen LogP contribution is 2.19. The van der Waals surface area contributed by atoms with E-state index in [1.165, 1.54) is 16.2 Å². The lowest BCUT2D eigenvalue weighted by Gasteiger charge is -2.25. The lowest BCUT2D eigenvalue weighted by Crippen LogP contribution is -2.44. The minimum absolute atomic E-state index is 0.128. The number of carbonyl (C=O) groups is 2. The van der Waals surface area contributed by atoms with Crippen molar-refractivity contribution < 1.29 is 14.7 Å². The van der Waals surface area contributed by atoms with Gasteiger partial charge in [-0.1, -0.05) is 13.8 Å². The molecule has 0 radical (unpaired) electrons. The van der Waals surface area contributed by atoms with Gasteiger partial charge in [-0.25, -0.2) is 9.78 Å². The van der Waals surface area contributed by atoms with Gasteiger partial charge < -0.3 is 15.3 Å². The molecule has 7 heteroatoms. The lowest BCUT2D eigenvalue weighted by molar-refractivity contribution is -0.141. The van der Waals surface area contributed by atoms with Crippen LogP contribution in [-0.2, 0) is 4.79 Å². The third-order valence-corrected chi connectivity index (χ3v) is 3.93. The smallest absolute Gasteiger partial charge is 0.317 e. The fourth-order valence-corrected chi connectivity index (χ4v) is 2.52. The second-order valence-electron chi connectivity index (χ2n) is 4.56. The number of thiazole rings is 1. The molecule has 0 aliphatic heterocycles. The third-order valence-electron chi connectivity index (χ3n) is 3.04. The number of aliphatic carboxylic acids is 1. The van der Waals surface area contributed by atoms with Crippen molar-refractivity contribution in [1.82, 2.24) is 15.2 Å². The number of amides is 2. The van der Waals surface area contributed by atoms with E-state index < -0.39 is 11.9 Å². The van der Waals surface area contributed by atoms with Crippen LogP contribution in [0.5, 0.6) is 0 Å². The largest absolute Gasteiger partial charge is 0.481 e. The van der Waals surface area contributed by atoms with Crippen molar-refractivity contribution >= 4 is 23.3 Å². The van der Waals surface area contributed by atoms with Crippen LogP contribution in [0.4, 0.5) is 4.79 Å². The van der Waals surface area contributed by atoms with E-state index in [-0.39, 0.29) is 18.6 Å². The van der Waals surface area contributed by atoms with Gasteiger partial charge in [-0.2, -0.15) is 0 Å². The number of carboxylic acid groups (broad SMARTS) is 1. The Balaban J connectivity index is 2.64. The fraction of sp³-hybridized carbons (Fsp3) is 0.615. The summed E-state index contributed by atoms with van der Waals surface area (Å²) in [7, 11) is 0. The molecule has 0 fully saturated rings. The number of hydrogen-bond acceptors (Lipinski definition) is 4. The van der Waals surface area contributed by atoms with E-state index in [9.17, 15) is 9.59 Å². The molecule has 1 aromatic heterocycles. The van der Waals surface area contributed by atoms with E-state index >= 15 is 0 Å². The summed E-state index contributed by atoms with van der Waals surface area (Å²) in [5, 5.41) is 14.6. The lowest BCUT2D eigenvalue weighted by atomic mass is 10.2. The summed E-state index contributed by atoms with van der Waals surface area (Å²) in [6.45, 7) is 6.07. The monoisotopic (exact) mass is 299 g/mol. The maximum Gasteiger partial charge on any atom is 0.317 e. The number of nitrogens with one attached hydrogen (secondary N) is 1. The number of aromatic nitrogens is 1. The number of nitrogens with zero attached hydrogens (tertiary/aromatic N) is 2.